The fourth-order valence-corrected chi connectivity index (χ4v) is 3.03. The summed E-state index contributed by atoms with van der Waals surface area (Å²) in [6.07, 6.45) is 4.09. The minimum atomic E-state index is -0.0747. The van der Waals surface area contributed by atoms with Crippen molar-refractivity contribution >= 4 is 50.1 Å². The molecule has 0 aliphatic carbocycles. The van der Waals surface area contributed by atoms with Gasteiger partial charge in [0.25, 0.3) is 0 Å². The molecule has 5 heteroatoms. The molecule has 0 fully saturated rings. The quantitative estimate of drug-likeness (QED) is 0.726. The van der Waals surface area contributed by atoms with Crippen LogP contribution in [0.5, 0.6) is 0 Å². The summed E-state index contributed by atoms with van der Waals surface area (Å²) in [5.74, 6) is 0. The van der Waals surface area contributed by atoms with Crippen molar-refractivity contribution in [1.29, 1.82) is 0 Å². The van der Waals surface area contributed by atoms with E-state index in [4.69, 9.17) is 17.3 Å². The van der Waals surface area contributed by atoms with Crippen LogP contribution in [0.25, 0.3) is 0 Å². The van der Waals surface area contributed by atoms with E-state index in [0.29, 0.717) is 11.4 Å². The maximum atomic E-state index is 6.26. The van der Waals surface area contributed by atoms with Crippen LogP contribution >= 0.6 is 50.1 Å². The molecule has 0 aliphatic heterocycles. The Balaban J connectivity index is 2.25. The van der Waals surface area contributed by atoms with Crippen LogP contribution in [0.3, 0.4) is 0 Å². The lowest BCUT2D eigenvalue weighted by Gasteiger charge is -2.15. The molecule has 2 rings (SSSR count). The second kappa shape index (κ2) is 6.32. The van der Waals surface area contributed by atoms with Gasteiger partial charge in [-0.15, -0.1) is 0 Å². The van der Waals surface area contributed by atoms with Gasteiger partial charge in [0.1, 0.15) is 0 Å². The number of benzene rings is 1. The van der Waals surface area contributed by atoms with Gasteiger partial charge in [-0.1, -0.05) is 27.5 Å². The van der Waals surface area contributed by atoms with Crippen molar-refractivity contribution in [2.24, 2.45) is 5.73 Å². The molecule has 0 amide bonds. The van der Waals surface area contributed by atoms with Crippen molar-refractivity contribution in [3.05, 3.63) is 60.9 Å². The summed E-state index contributed by atoms with van der Waals surface area (Å²) in [4.78, 5) is 3.97. The van der Waals surface area contributed by atoms with Crippen molar-refractivity contribution in [1.82, 2.24) is 4.98 Å². The number of rotatable bonds is 3. The standard InChI is InChI=1S/C13H11BrClIN2/c14-9-1-2-12(16)10(6-9)13(17)5-8-3-4-18-7-11(8)15/h1-4,6-7,13H,5,17H2. The SMILES string of the molecule is NC(Cc1ccncc1Cl)c1cc(Br)ccc1I. The Morgan fingerprint density at radius 3 is 2.89 bits per heavy atom. The first kappa shape index (κ1) is 14.2. The van der Waals surface area contributed by atoms with E-state index in [1.165, 1.54) is 0 Å². The van der Waals surface area contributed by atoms with Gasteiger partial charge >= 0.3 is 0 Å². The van der Waals surface area contributed by atoms with Crippen LogP contribution in [-0.4, -0.2) is 4.98 Å². The lowest BCUT2D eigenvalue weighted by molar-refractivity contribution is 0.717. The maximum Gasteiger partial charge on any atom is 0.0622 e. The van der Waals surface area contributed by atoms with E-state index in [1.54, 1.807) is 12.4 Å². The normalized spacial score (nSPS) is 12.4. The van der Waals surface area contributed by atoms with Crippen LogP contribution in [0.1, 0.15) is 17.2 Å². The highest BCUT2D eigenvalue weighted by Gasteiger charge is 2.12. The number of halogens is 3. The van der Waals surface area contributed by atoms with Crippen molar-refractivity contribution in [2.45, 2.75) is 12.5 Å². The van der Waals surface area contributed by atoms with Crippen LogP contribution in [0.4, 0.5) is 0 Å². The smallest absolute Gasteiger partial charge is 0.0622 e. The molecule has 1 aromatic heterocycles. The second-order valence-corrected chi connectivity index (χ2v) is 6.43. The van der Waals surface area contributed by atoms with Gasteiger partial charge in [-0.25, -0.2) is 0 Å². The molecule has 0 saturated heterocycles. The molecule has 0 bridgehead atoms. The Hall–Kier alpha value is -0.170. The first-order valence-electron chi connectivity index (χ1n) is 5.37. The molecule has 1 heterocycles. The highest BCUT2D eigenvalue weighted by molar-refractivity contribution is 14.1. The zero-order chi connectivity index (χ0) is 13.1. The van der Waals surface area contributed by atoms with E-state index in [0.717, 1.165) is 19.2 Å². The number of hydrogen-bond acceptors (Lipinski definition) is 2. The van der Waals surface area contributed by atoms with Gasteiger partial charge in [-0.2, -0.15) is 0 Å². The van der Waals surface area contributed by atoms with E-state index in [1.807, 2.05) is 18.2 Å². The minimum absolute atomic E-state index is 0.0747. The highest BCUT2D eigenvalue weighted by Crippen LogP contribution is 2.26. The van der Waals surface area contributed by atoms with E-state index in [-0.39, 0.29) is 6.04 Å². The van der Waals surface area contributed by atoms with Crippen LogP contribution in [0.15, 0.2) is 41.1 Å². The van der Waals surface area contributed by atoms with Crippen LogP contribution in [-0.2, 0) is 6.42 Å². The Kier molecular flexibility index (Phi) is 5.00. The van der Waals surface area contributed by atoms with Crippen LogP contribution in [0, 0.1) is 3.57 Å². The van der Waals surface area contributed by atoms with E-state index < -0.39 is 0 Å². The number of aromatic nitrogens is 1. The van der Waals surface area contributed by atoms with Crippen molar-refractivity contribution in [3.8, 4) is 0 Å². The molecule has 2 N–H and O–H groups in total. The molecule has 1 unspecified atom stereocenters. The summed E-state index contributed by atoms with van der Waals surface area (Å²) in [6.45, 7) is 0. The van der Waals surface area contributed by atoms with E-state index in [9.17, 15) is 0 Å². The molecule has 0 spiro atoms. The molecular weight excluding hydrogens is 426 g/mol. The average Bonchev–Trinajstić information content (AvgIpc) is 2.35. The highest BCUT2D eigenvalue weighted by atomic mass is 127. The van der Waals surface area contributed by atoms with Gasteiger partial charge in [0.15, 0.2) is 0 Å². The topological polar surface area (TPSA) is 38.9 Å². The molecule has 1 atom stereocenters. The summed E-state index contributed by atoms with van der Waals surface area (Å²) in [7, 11) is 0. The fourth-order valence-electron chi connectivity index (χ4n) is 1.72. The monoisotopic (exact) mass is 436 g/mol. The second-order valence-electron chi connectivity index (χ2n) is 3.94. The summed E-state index contributed by atoms with van der Waals surface area (Å²) < 4.78 is 2.20. The summed E-state index contributed by atoms with van der Waals surface area (Å²) >= 11 is 11.9. The van der Waals surface area contributed by atoms with Crippen LogP contribution < -0.4 is 5.73 Å². The van der Waals surface area contributed by atoms with Gasteiger partial charge in [0.05, 0.1) is 5.02 Å². The third-order valence-electron chi connectivity index (χ3n) is 2.65. The largest absolute Gasteiger partial charge is 0.324 e. The van der Waals surface area contributed by atoms with E-state index in [2.05, 4.69) is 49.6 Å². The third-order valence-corrected chi connectivity index (χ3v) is 4.47. The fraction of sp³-hybridized carbons (Fsp3) is 0.154. The molecule has 2 nitrogen and oxygen atoms in total. The van der Waals surface area contributed by atoms with Crippen molar-refractivity contribution in [2.75, 3.05) is 0 Å². The minimum Gasteiger partial charge on any atom is -0.324 e. The lowest BCUT2D eigenvalue weighted by atomic mass is 10.0. The molecular formula is C13H11BrClIN2. The number of nitrogens with two attached hydrogens (primary N) is 1. The van der Waals surface area contributed by atoms with Gasteiger partial charge < -0.3 is 5.73 Å². The summed E-state index contributed by atoms with van der Waals surface area (Å²) in [6, 6.07) is 7.95. The Morgan fingerprint density at radius 2 is 2.17 bits per heavy atom. The zero-order valence-corrected chi connectivity index (χ0v) is 13.9. The molecule has 2 aromatic rings. The van der Waals surface area contributed by atoms with E-state index >= 15 is 0 Å². The van der Waals surface area contributed by atoms with Crippen molar-refractivity contribution in [3.63, 3.8) is 0 Å². The van der Waals surface area contributed by atoms with Crippen LogP contribution in [0.2, 0.25) is 5.02 Å². The molecule has 0 saturated carbocycles. The number of hydrogen-bond donors (Lipinski definition) is 1. The zero-order valence-electron chi connectivity index (χ0n) is 9.41. The predicted molar refractivity (Wildman–Crippen MR) is 86.7 cm³/mol. The number of nitrogens with zero attached hydrogens (tertiary/aromatic N) is 1. The molecule has 18 heavy (non-hydrogen) atoms. The number of pyridine rings is 1. The molecule has 1 aromatic carbocycles. The lowest BCUT2D eigenvalue weighted by Crippen LogP contribution is -2.15. The third kappa shape index (κ3) is 3.44. The van der Waals surface area contributed by atoms with Gasteiger partial charge in [0, 0.05) is 26.5 Å². The summed E-state index contributed by atoms with van der Waals surface area (Å²) in [5, 5.41) is 0.665. The Morgan fingerprint density at radius 1 is 1.39 bits per heavy atom. The molecule has 0 aliphatic rings. The first-order valence-corrected chi connectivity index (χ1v) is 7.62. The van der Waals surface area contributed by atoms with Gasteiger partial charge in [-0.3, -0.25) is 4.98 Å². The van der Waals surface area contributed by atoms with Gasteiger partial charge in [-0.05, 0) is 64.4 Å². The Bertz CT molecular complexity index is 562. The molecule has 94 valence electrons. The maximum absolute atomic E-state index is 6.26. The Labute approximate surface area is 133 Å². The van der Waals surface area contributed by atoms with Crippen molar-refractivity contribution < 1.29 is 0 Å². The first-order chi connectivity index (χ1) is 8.58. The predicted octanol–water partition coefficient (Wildman–Crippen LogP) is 4.34. The average molecular weight is 438 g/mol. The molecule has 0 radical (unpaired) electrons. The summed E-state index contributed by atoms with van der Waals surface area (Å²) in [5.41, 5.74) is 8.41. The van der Waals surface area contributed by atoms with Gasteiger partial charge in [0.2, 0.25) is 0 Å².